The van der Waals surface area contributed by atoms with Crippen molar-refractivity contribution in [3.8, 4) is 0 Å². The molecule has 0 spiro atoms. The van der Waals surface area contributed by atoms with Crippen molar-refractivity contribution < 1.29 is 4.79 Å². The molecule has 0 aromatic rings. The lowest BCUT2D eigenvalue weighted by Gasteiger charge is -1.89. The molecule has 0 aromatic carbocycles. The van der Waals surface area contributed by atoms with Crippen LogP contribution < -0.4 is 0 Å². The van der Waals surface area contributed by atoms with E-state index >= 15 is 0 Å². The second kappa shape index (κ2) is 10.3. The highest BCUT2D eigenvalue weighted by molar-refractivity contribution is 5.99. The number of rotatable bonds is 6. The molecule has 96 valence electrons. The summed E-state index contributed by atoms with van der Waals surface area (Å²) in [5, 5.41) is 0. The lowest BCUT2D eigenvalue weighted by atomic mass is 10.2. The van der Waals surface area contributed by atoms with E-state index in [9.17, 15) is 4.79 Å². The molecule has 1 heteroatoms. The summed E-state index contributed by atoms with van der Waals surface area (Å²) in [6.07, 6.45) is 18.5. The van der Waals surface area contributed by atoms with E-state index in [1.165, 1.54) is 0 Å². The zero-order valence-corrected chi connectivity index (χ0v) is 11.7. The number of carbonyl (C=O) groups is 1. The van der Waals surface area contributed by atoms with Crippen LogP contribution in [-0.4, -0.2) is 5.78 Å². The zero-order valence-electron chi connectivity index (χ0n) is 11.7. The quantitative estimate of drug-likeness (QED) is 0.487. The Kier molecular flexibility index (Phi) is 9.20. The maximum atomic E-state index is 11.5. The van der Waals surface area contributed by atoms with Crippen LogP contribution in [0.1, 0.15) is 27.7 Å². The van der Waals surface area contributed by atoms with Gasteiger partial charge in [0.25, 0.3) is 0 Å². The van der Waals surface area contributed by atoms with Crippen LogP contribution in [0.2, 0.25) is 0 Å². The summed E-state index contributed by atoms with van der Waals surface area (Å²) in [6, 6.07) is 0. The van der Waals surface area contributed by atoms with Crippen molar-refractivity contribution >= 4 is 5.78 Å². The Morgan fingerprint density at radius 3 is 1.44 bits per heavy atom. The van der Waals surface area contributed by atoms with E-state index in [-0.39, 0.29) is 5.78 Å². The van der Waals surface area contributed by atoms with Gasteiger partial charge in [-0.05, 0) is 39.8 Å². The van der Waals surface area contributed by atoms with Crippen molar-refractivity contribution in [2.45, 2.75) is 27.7 Å². The molecule has 0 unspecified atom stereocenters. The third-order valence-corrected chi connectivity index (χ3v) is 2.12. The van der Waals surface area contributed by atoms with Gasteiger partial charge in [0.1, 0.15) is 0 Å². The molecule has 0 aliphatic carbocycles. The second-order valence-electron chi connectivity index (χ2n) is 3.94. The topological polar surface area (TPSA) is 17.1 Å². The summed E-state index contributed by atoms with van der Waals surface area (Å²) in [5.41, 5.74) is 2.10. The molecular formula is C17H22O. The Labute approximate surface area is 111 Å². The SMILES string of the molecule is C\C=C/C=C(C)/C=C/C(=O)/C=C/C(C)=C/C=C\C. The minimum atomic E-state index is -0.00328. The van der Waals surface area contributed by atoms with Gasteiger partial charge in [0.05, 0.1) is 0 Å². The van der Waals surface area contributed by atoms with Gasteiger partial charge in [-0.1, -0.05) is 59.8 Å². The fourth-order valence-electron chi connectivity index (χ4n) is 1.09. The van der Waals surface area contributed by atoms with Crippen molar-refractivity contribution in [1.29, 1.82) is 0 Å². The Balaban J connectivity index is 4.44. The first-order valence-corrected chi connectivity index (χ1v) is 6.09. The fourth-order valence-corrected chi connectivity index (χ4v) is 1.09. The number of carbonyl (C=O) groups excluding carboxylic acids is 1. The first-order chi connectivity index (χ1) is 8.60. The van der Waals surface area contributed by atoms with Gasteiger partial charge < -0.3 is 0 Å². The average molecular weight is 242 g/mol. The highest BCUT2D eigenvalue weighted by atomic mass is 16.1. The van der Waals surface area contributed by atoms with Crippen LogP contribution in [0.25, 0.3) is 0 Å². The molecular weight excluding hydrogens is 220 g/mol. The van der Waals surface area contributed by atoms with Crippen LogP contribution >= 0.6 is 0 Å². The predicted molar refractivity (Wildman–Crippen MR) is 80.4 cm³/mol. The van der Waals surface area contributed by atoms with Gasteiger partial charge in [-0.15, -0.1) is 0 Å². The van der Waals surface area contributed by atoms with Crippen LogP contribution in [0.4, 0.5) is 0 Å². The van der Waals surface area contributed by atoms with Crippen LogP contribution in [0.15, 0.2) is 71.9 Å². The van der Waals surface area contributed by atoms with Crippen LogP contribution in [-0.2, 0) is 4.79 Å². The standard InChI is InChI=1S/C17H22O/c1-5-7-9-15(3)11-13-17(18)14-12-16(4)10-8-6-2/h5-14H,1-4H3/b7-5-,8-6-,13-11+,14-12+,15-9+,16-10+. The number of hydrogen-bond acceptors (Lipinski definition) is 1. The van der Waals surface area contributed by atoms with Gasteiger partial charge >= 0.3 is 0 Å². The van der Waals surface area contributed by atoms with Gasteiger partial charge in [0, 0.05) is 0 Å². The van der Waals surface area contributed by atoms with E-state index in [4.69, 9.17) is 0 Å². The minimum absolute atomic E-state index is 0.00328. The molecule has 0 aromatic heterocycles. The summed E-state index contributed by atoms with van der Waals surface area (Å²) in [6.45, 7) is 7.85. The maximum absolute atomic E-state index is 11.5. The van der Waals surface area contributed by atoms with Crippen molar-refractivity contribution in [1.82, 2.24) is 0 Å². The summed E-state index contributed by atoms with van der Waals surface area (Å²) in [7, 11) is 0. The first-order valence-electron chi connectivity index (χ1n) is 6.09. The molecule has 1 nitrogen and oxygen atoms in total. The second-order valence-corrected chi connectivity index (χ2v) is 3.94. The molecule has 0 heterocycles. The lowest BCUT2D eigenvalue weighted by molar-refractivity contribution is -0.110. The molecule has 0 aliphatic rings. The molecule has 0 atom stereocenters. The average Bonchev–Trinajstić information content (AvgIpc) is 2.37. The van der Waals surface area contributed by atoms with Gasteiger partial charge in [-0.3, -0.25) is 4.79 Å². The van der Waals surface area contributed by atoms with E-state index < -0.39 is 0 Å². The van der Waals surface area contributed by atoms with Gasteiger partial charge in [-0.25, -0.2) is 0 Å². The normalized spacial score (nSPS) is 14.7. The van der Waals surface area contributed by atoms with Crippen molar-refractivity contribution in [2.24, 2.45) is 0 Å². The molecule has 0 N–H and O–H groups in total. The molecule has 0 saturated heterocycles. The maximum Gasteiger partial charge on any atom is 0.178 e. The number of hydrogen-bond donors (Lipinski definition) is 0. The first kappa shape index (κ1) is 16.1. The lowest BCUT2D eigenvalue weighted by Crippen LogP contribution is -1.85. The van der Waals surface area contributed by atoms with Crippen LogP contribution in [0, 0.1) is 0 Å². The number of ketones is 1. The summed E-state index contributed by atoms with van der Waals surface area (Å²) >= 11 is 0. The Morgan fingerprint density at radius 1 is 0.722 bits per heavy atom. The monoisotopic (exact) mass is 242 g/mol. The molecule has 0 aliphatic heterocycles. The van der Waals surface area contributed by atoms with Gasteiger partial charge in [-0.2, -0.15) is 0 Å². The highest BCUT2D eigenvalue weighted by Crippen LogP contribution is 1.99. The van der Waals surface area contributed by atoms with E-state index in [0.29, 0.717) is 0 Å². The van der Waals surface area contributed by atoms with Crippen LogP contribution in [0.5, 0.6) is 0 Å². The minimum Gasteiger partial charge on any atom is -0.290 e. The van der Waals surface area contributed by atoms with Crippen molar-refractivity contribution in [3.05, 3.63) is 71.9 Å². The Hall–Kier alpha value is -1.89. The highest BCUT2D eigenvalue weighted by Gasteiger charge is 1.88. The Morgan fingerprint density at radius 2 is 1.11 bits per heavy atom. The van der Waals surface area contributed by atoms with Gasteiger partial charge in [0.2, 0.25) is 0 Å². The molecule has 0 fully saturated rings. The fraction of sp³-hybridized carbons (Fsp3) is 0.235. The molecule has 0 bridgehead atoms. The van der Waals surface area contributed by atoms with Crippen LogP contribution in [0.3, 0.4) is 0 Å². The van der Waals surface area contributed by atoms with E-state index in [0.717, 1.165) is 11.1 Å². The van der Waals surface area contributed by atoms with Gasteiger partial charge in [0.15, 0.2) is 5.78 Å². The molecule has 0 saturated carbocycles. The molecule has 0 radical (unpaired) electrons. The van der Waals surface area contributed by atoms with E-state index in [1.54, 1.807) is 12.2 Å². The van der Waals surface area contributed by atoms with E-state index in [2.05, 4.69) is 0 Å². The third-order valence-electron chi connectivity index (χ3n) is 2.12. The zero-order chi connectivity index (χ0) is 13.8. The summed E-state index contributed by atoms with van der Waals surface area (Å²) in [5.74, 6) is -0.00328. The molecule has 0 amide bonds. The predicted octanol–water partition coefficient (Wildman–Crippen LogP) is 4.71. The largest absolute Gasteiger partial charge is 0.290 e. The summed E-state index contributed by atoms with van der Waals surface area (Å²) in [4.78, 5) is 11.5. The third kappa shape index (κ3) is 9.34. The summed E-state index contributed by atoms with van der Waals surface area (Å²) < 4.78 is 0. The Bertz CT molecular complexity index is 387. The molecule has 0 rings (SSSR count). The number of allylic oxidation sites excluding steroid dienone is 12. The van der Waals surface area contributed by atoms with E-state index in [1.807, 2.05) is 76.3 Å². The molecule has 18 heavy (non-hydrogen) atoms. The smallest absolute Gasteiger partial charge is 0.178 e. The van der Waals surface area contributed by atoms with Crippen molar-refractivity contribution in [2.75, 3.05) is 0 Å². The van der Waals surface area contributed by atoms with Crippen molar-refractivity contribution in [3.63, 3.8) is 0 Å².